The first-order valence-electron chi connectivity index (χ1n) is 12.9. The molecular formula is C30H36F3N3O2. The quantitative estimate of drug-likeness (QED) is 0.367. The molecule has 8 heteroatoms. The van der Waals surface area contributed by atoms with Crippen molar-refractivity contribution < 1.29 is 22.7 Å². The Hall–Kier alpha value is -3.23. The third kappa shape index (κ3) is 7.42. The molecule has 1 aromatic heterocycles. The van der Waals surface area contributed by atoms with Crippen molar-refractivity contribution in [1.82, 2.24) is 10.3 Å². The van der Waals surface area contributed by atoms with E-state index in [-0.39, 0.29) is 30.5 Å². The van der Waals surface area contributed by atoms with E-state index in [9.17, 15) is 18.0 Å². The Bertz CT molecular complexity index is 1220. The minimum Gasteiger partial charge on any atom is -0.376 e. The molecule has 1 unspecified atom stereocenters. The van der Waals surface area contributed by atoms with Crippen LogP contribution >= 0.6 is 0 Å². The number of nitrogens with zero attached hydrogens (tertiary/aromatic N) is 1. The van der Waals surface area contributed by atoms with Gasteiger partial charge in [-0.25, -0.2) is 0 Å². The number of aromatic nitrogens is 1. The third-order valence-electron chi connectivity index (χ3n) is 6.57. The summed E-state index contributed by atoms with van der Waals surface area (Å²) in [5.41, 5.74) is 8.88. The van der Waals surface area contributed by atoms with Crippen LogP contribution in [-0.4, -0.2) is 23.1 Å². The fourth-order valence-corrected chi connectivity index (χ4v) is 4.61. The van der Waals surface area contributed by atoms with Crippen molar-refractivity contribution >= 4 is 5.91 Å². The number of hydrogen-bond donors (Lipinski definition) is 2. The number of nitrogens with one attached hydrogen (secondary N) is 1. The molecule has 3 N–H and O–H groups in total. The lowest BCUT2D eigenvalue weighted by molar-refractivity contribution is -0.137. The van der Waals surface area contributed by atoms with Crippen LogP contribution in [0.1, 0.15) is 79.1 Å². The lowest BCUT2D eigenvalue weighted by Crippen LogP contribution is -2.33. The van der Waals surface area contributed by atoms with Gasteiger partial charge < -0.3 is 15.8 Å². The molecule has 0 spiro atoms. The van der Waals surface area contributed by atoms with E-state index < -0.39 is 11.7 Å². The Balaban J connectivity index is 0.00000195. The van der Waals surface area contributed by atoms with E-state index in [1.165, 1.54) is 6.07 Å². The highest BCUT2D eigenvalue weighted by Crippen LogP contribution is 2.36. The predicted molar refractivity (Wildman–Crippen MR) is 144 cm³/mol. The zero-order valence-electron chi connectivity index (χ0n) is 22.4. The summed E-state index contributed by atoms with van der Waals surface area (Å²) in [7, 11) is 0. The van der Waals surface area contributed by atoms with Gasteiger partial charge in [0.2, 0.25) is 0 Å². The van der Waals surface area contributed by atoms with Crippen LogP contribution in [0.4, 0.5) is 13.2 Å². The van der Waals surface area contributed by atoms with Crippen molar-refractivity contribution in [3.8, 4) is 11.1 Å². The van der Waals surface area contributed by atoms with Gasteiger partial charge in [-0.2, -0.15) is 13.2 Å². The van der Waals surface area contributed by atoms with Gasteiger partial charge >= 0.3 is 6.18 Å². The van der Waals surface area contributed by atoms with E-state index in [2.05, 4.69) is 24.1 Å². The van der Waals surface area contributed by atoms with Gasteiger partial charge in [-0.1, -0.05) is 44.2 Å². The monoisotopic (exact) mass is 527 g/mol. The van der Waals surface area contributed by atoms with Gasteiger partial charge in [-0.3, -0.25) is 9.78 Å². The summed E-state index contributed by atoms with van der Waals surface area (Å²) in [4.78, 5) is 17.1. The van der Waals surface area contributed by atoms with Crippen LogP contribution in [0.3, 0.4) is 0 Å². The molecule has 1 fully saturated rings. The molecule has 5 nitrogen and oxygen atoms in total. The minimum absolute atomic E-state index is 0.129. The normalized spacial score (nSPS) is 16.8. The smallest absolute Gasteiger partial charge is 0.376 e. The maximum Gasteiger partial charge on any atom is 0.416 e. The number of alkyl halides is 3. The number of carbonyl (C=O) groups is 1. The van der Waals surface area contributed by atoms with Gasteiger partial charge in [-0.15, -0.1) is 0 Å². The number of rotatable bonds is 6. The van der Waals surface area contributed by atoms with Crippen LogP contribution in [0.2, 0.25) is 0 Å². The van der Waals surface area contributed by atoms with Crippen LogP contribution in [-0.2, 0) is 24.0 Å². The molecule has 3 aromatic rings. The van der Waals surface area contributed by atoms with Crippen molar-refractivity contribution in [3.05, 3.63) is 88.7 Å². The fraction of sp³-hybridized carbons (Fsp3) is 0.400. The van der Waals surface area contributed by atoms with Crippen LogP contribution in [0.25, 0.3) is 11.1 Å². The summed E-state index contributed by atoms with van der Waals surface area (Å²) in [6.45, 7) is 9.22. The van der Waals surface area contributed by atoms with Gasteiger partial charge in [0.1, 0.15) is 0 Å². The Kier molecular flexibility index (Phi) is 9.68. The molecule has 0 bridgehead atoms. The molecular weight excluding hydrogens is 491 g/mol. The molecule has 204 valence electrons. The number of carbonyl (C=O) groups excluding carboxylic acids is 1. The van der Waals surface area contributed by atoms with E-state index in [1.807, 2.05) is 26.1 Å². The van der Waals surface area contributed by atoms with E-state index >= 15 is 0 Å². The van der Waals surface area contributed by atoms with Gasteiger partial charge in [-0.05, 0) is 78.6 Å². The van der Waals surface area contributed by atoms with Crippen molar-refractivity contribution in [3.63, 3.8) is 0 Å². The zero-order chi connectivity index (χ0) is 27.9. The van der Waals surface area contributed by atoms with E-state index in [0.717, 1.165) is 36.1 Å². The Morgan fingerprint density at radius 2 is 1.82 bits per heavy atom. The predicted octanol–water partition coefficient (Wildman–Crippen LogP) is 6.85. The van der Waals surface area contributed by atoms with Crippen molar-refractivity contribution in [2.45, 2.75) is 71.3 Å². The van der Waals surface area contributed by atoms with E-state index in [0.29, 0.717) is 28.9 Å². The summed E-state index contributed by atoms with van der Waals surface area (Å²) < 4.78 is 45.3. The van der Waals surface area contributed by atoms with Crippen molar-refractivity contribution in [2.75, 3.05) is 6.61 Å². The summed E-state index contributed by atoms with van der Waals surface area (Å²) in [5, 5.41) is 2.90. The number of ether oxygens (including phenoxy) is 1. The topological polar surface area (TPSA) is 77.2 Å². The van der Waals surface area contributed by atoms with E-state index in [1.54, 1.807) is 30.5 Å². The first-order chi connectivity index (χ1) is 18.1. The molecule has 38 heavy (non-hydrogen) atoms. The minimum atomic E-state index is -4.43. The summed E-state index contributed by atoms with van der Waals surface area (Å²) >= 11 is 0. The average molecular weight is 528 g/mol. The molecule has 1 aliphatic rings. The standard InChI is InChI=1S/C28H30F3N3O2.C2H6/c1-27(2)13-20(9-10-36-27)22-11-23(17-33-16-22)26(35)34-15-18-3-5-19(6-4-18)25-12-24(28(29,30)31)8-7-21(25)14-32;1-2/h3-8,11-12,16-17,20H,9-10,13-15,32H2,1-2H3,(H,34,35);1-2H3. The highest BCUT2D eigenvalue weighted by atomic mass is 19.4. The molecule has 4 rings (SSSR count). The second kappa shape index (κ2) is 12.5. The molecule has 1 atom stereocenters. The summed E-state index contributed by atoms with van der Waals surface area (Å²) in [5.74, 6) is 0.0545. The molecule has 2 aromatic carbocycles. The highest BCUT2D eigenvalue weighted by Gasteiger charge is 2.31. The van der Waals surface area contributed by atoms with Crippen molar-refractivity contribution in [1.29, 1.82) is 0 Å². The number of amides is 1. The first-order valence-corrected chi connectivity index (χ1v) is 12.9. The first kappa shape index (κ1) is 29.3. The average Bonchev–Trinajstić information content (AvgIpc) is 2.92. The van der Waals surface area contributed by atoms with Gasteiger partial charge in [0.25, 0.3) is 5.91 Å². The number of nitrogens with two attached hydrogens (primary N) is 1. The number of hydrogen-bond acceptors (Lipinski definition) is 4. The Morgan fingerprint density at radius 3 is 2.45 bits per heavy atom. The maximum absolute atomic E-state index is 13.2. The molecule has 0 radical (unpaired) electrons. The lowest BCUT2D eigenvalue weighted by Gasteiger charge is -2.35. The van der Waals surface area contributed by atoms with Gasteiger partial charge in [0.05, 0.1) is 16.7 Å². The van der Waals surface area contributed by atoms with Crippen molar-refractivity contribution in [2.24, 2.45) is 5.73 Å². The zero-order valence-corrected chi connectivity index (χ0v) is 22.4. The molecule has 0 aliphatic carbocycles. The van der Waals surface area contributed by atoms with Crippen LogP contribution < -0.4 is 11.1 Å². The lowest BCUT2D eigenvalue weighted by atomic mass is 9.84. The molecule has 1 aliphatic heterocycles. The fourth-order valence-electron chi connectivity index (χ4n) is 4.61. The number of halogens is 3. The SMILES string of the molecule is CC.CC1(C)CC(c2cncc(C(=O)NCc3ccc(-c4cc(C(F)(F)F)ccc4CN)cc3)c2)CCO1. The van der Waals surface area contributed by atoms with Gasteiger partial charge in [0, 0.05) is 32.1 Å². The molecule has 1 amide bonds. The second-order valence-corrected chi connectivity index (χ2v) is 9.76. The Morgan fingerprint density at radius 1 is 1.11 bits per heavy atom. The summed E-state index contributed by atoms with van der Waals surface area (Å²) in [6.07, 6.45) is 0.683. The summed E-state index contributed by atoms with van der Waals surface area (Å²) in [6, 6.07) is 12.5. The molecule has 2 heterocycles. The van der Waals surface area contributed by atoms with Gasteiger partial charge in [0.15, 0.2) is 0 Å². The molecule has 0 saturated carbocycles. The van der Waals surface area contributed by atoms with Crippen LogP contribution in [0.5, 0.6) is 0 Å². The van der Waals surface area contributed by atoms with Crippen LogP contribution in [0.15, 0.2) is 60.9 Å². The van der Waals surface area contributed by atoms with Crippen LogP contribution in [0, 0.1) is 0 Å². The molecule has 1 saturated heterocycles. The maximum atomic E-state index is 13.2. The second-order valence-electron chi connectivity index (χ2n) is 9.76. The third-order valence-corrected chi connectivity index (χ3v) is 6.57. The Labute approximate surface area is 222 Å². The number of benzene rings is 2. The largest absolute Gasteiger partial charge is 0.416 e. The highest BCUT2D eigenvalue weighted by molar-refractivity contribution is 5.94. The number of pyridine rings is 1. The van der Waals surface area contributed by atoms with E-state index in [4.69, 9.17) is 10.5 Å².